The lowest BCUT2D eigenvalue weighted by Crippen LogP contribution is -2.28. The molecule has 0 spiro atoms. The molecule has 0 saturated heterocycles. The highest BCUT2D eigenvalue weighted by Gasteiger charge is 2.13. The highest BCUT2D eigenvalue weighted by molar-refractivity contribution is 5.93. The number of hydrogen-bond donors (Lipinski definition) is 2. The standard InChI is InChI=1S/C21H16FN7O3/c22-14-5-3-13(4-6-14)20-27-26-18-7-8-19(28-29(18)20)32-11-9-23-21(30)16-12-15(24-25-16)17-2-1-10-31-17/h1-8,10,12H,9,11H2,(H,23,30)(H,24,25). The lowest BCUT2D eigenvalue weighted by Gasteiger charge is -2.07. The van der Waals surface area contributed by atoms with Gasteiger partial charge in [0, 0.05) is 17.7 Å². The Bertz CT molecular complexity index is 1360. The second-order valence-electron chi connectivity index (χ2n) is 6.72. The molecule has 1 aromatic carbocycles. The number of ether oxygens (including phenoxy) is 1. The fourth-order valence-electron chi connectivity index (χ4n) is 3.03. The Balaban J connectivity index is 1.20. The van der Waals surface area contributed by atoms with Crippen LogP contribution in [0.5, 0.6) is 5.88 Å². The molecule has 1 amide bonds. The van der Waals surface area contributed by atoms with Gasteiger partial charge in [-0.3, -0.25) is 9.89 Å². The molecule has 4 heterocycles. The fraction of sp³-hybridized carbons (Fsp3) is 0.0952. The molecule has 0 saturated carbocycles. The summed E-state index contributed by atoms with van der Waals surface area (Å²) in [6, 6.07) is 14.4. The van der Waals surface area contributed by atoms with E-state index in [9.17, 15) is 9.18 Å². The molecule has 0 fully saturated rings. The topological polar surface area (TPSA) is 123 Å². The molecular weight excluding hydrogens is 417 g/mol. The zero-order chi connectivity index (χ0) is 21.9. The van der Waals surface area contributed by atoms with Crippen LogP contribution in [-0.2, 0) is 0 Å². The Hall–Kier alpha value is -4.54. The van der Waals surface area contributed by atoms with Gasteiger partial charge in [0.2, 0.25) is 5.88 Å². The molecule has 0 aliphatic rings. The van der Waals surface area contributed by atoms with Crippen LogP contribution in [0.3, 0.4) is 0 Å². The number of nitrogens with zero attached hydrogens (tertiary/aromatic N) is 5. The van der Waals surface area contributed by atoms with E-state index in [1.165, 1.54) is 16.6 Å². The van der Waals surface area contributed by atoms with Crippen LogP contribution in [-0.4, -0.2) is 49.1 Å². The molecule has 11 heteroatoms. The summed E-state index contributed by atoms with van der Waals surface area (Å²) < 4.78 is 25.6. The molecule has 0 radical (unpaired) electrons. The van der Waals surface area contributed by atoms with Crippen LogP contribution in [0.2, 0.25) is 0 Å². The summed E-state index contributed by atoms with van der Waals surface area (Å²) in [5.74, 6) is 0.701. The van der Waals surface area contributed by atoms with E-state index in [1.807, 2.05) is 0 Å². The number of amides is 1. The molecule has 2 N–H and O–H groups in total. The molecule has 4 aromatic heterocycles. The molecule has 32 heavy (non-hydrogen) atoms. The van der Waals surface area contributed by atoms with Gasteiger partial charge in [-0.2, -0.15) is 9.61 Å². The van der Waals surface area contributed by atoms with Crippen molar-refractivity contribution in [3.8, 4) is 28.7 Å². The van der Waals surface area contributed by atoms with E-state index in [4.69, 9.17) is 9.15 Å². The van der Waals surface area contributed by atoms with E-state index < -0.39 is 0 Å². The molecule has 0 atom stereocenters. The molecule has 0 aliphatic carbocycles. The van der Waals surface area contributed by atoms with Crippen LogP contribution in [0.15, 0.2) is 65.3 Å². The van der Waals surface area contributed by atoms with E-state index >= 15 is 0 Å². The Morgan fingerprint density at radius 1 is 1.16 bits per heavy atom. The van der Waals surface area contributed by atoms with Crippen molar-refractivity contribution >= 4 is 11.6 Å². The van der Waals surface area contributed by atoms with Gasteiger partial charge in [0.1, 0.15) is 18.1 Å². The number of halogens is 1. The van der Waals surface area contributed by atoms with Gasteiger partial charge in [0.25, 0.3) is 5.91 Å². The number of aromatic amines is 1. The third-order valence-electron chi connectivity index (χ3n) is 4.58. The first-order valence-corrected chi connectivity index (χ1v) is 9.66. The maximum absolute atomic E-state index is 13.2. The van der Waals surface area contributed by atoms with E-state index in [2.05, 4.69) is 30.8 Å². The summed E-state index contributed by atoms with van der Waals surface area (Å²) in [5, 5.41) is 22.0. The fourth-order valence-corrected chi connectivity index (χ4v) is 3.03. The van der Waals surface area contributed by atoms with Crippen molar-refractivity contribution in [2.45, 2.75) is 0 Å². The molecule has 5 aromatic rings. The minimum absolute atomic E-state index is 0.188. The van der Waals surface area contributed by atoms with Crippen molar-refractivity contribution in [2.24, 2.45) is 0 Å². The van der Waals surface area contributed by atoms with E-state index in [0.29, 0.717) is 34.4 Å². The van der Waals surface area contributed by atoms with Gasteiger partial charge in [0.05, 0.1) is 12.8 Å². The summed E-state index contributed by atoms with van der Waals surface area (Å²) in [6.45, 7) is 0.433. The second kappa shape index (κ2) is 8.30. The average Bonchev–Trinajstić information content (AvgIpc) is 3.57. The minimum Gasteiger partial charge on any atom is -0.475 e. The zero-order valence-electron chi connectivity index (χ0n) is 16.5. The van der Waals surface area contributed by atoms with Crippen molar-refractivity contribution in [1.82, 2.24) is 35.3 Å². The molecule has 0 bridgehead atoms. The Morgan fingerprint density at radius 2 is 2.03 bits per heavy atom. The number of aromatic nitrogens is 6. The summed E-state index contributed by atoms with van der Waals surface area (Å²) in [4.78, 5) is 12.3. The lowest BCUT2D eigenvalue weighted by molar-refractivity contribution is 0.0941. The molecule has 0 unspecified atom stereocenters. The second-order valence-corrected chi connectivity index (χ2v) is 6.72. The number of benzene rings is 1. The highest BCUT2D eigenvalue weighted by Crippen LogP contribution is 2.20. The van der Waals surface area contributed by atoms with Crippen molar-refractivity contribution in [2.75, 3.05) is 13.2 Å². The third-order valence-corrected chi connectivity index (χ3v) is 4.58. The van der Waals surface area contributed by atoms with Crippen molar-refractivity contribution in [3.63, 3.8) is 0 Å². The molecule has 10 nitrogen and oxygen atoms in total. The lowest BCUT2D eigenvalue weighted by atomic mass is 10.2. The minimum atomic E-state index is -0.344. The predicted octanol–water partition coefficient (Wildman–Crippen LogP) is 2.72. The van der Waals surface area contributed by atoms with Crippen LogP contribution >= 0.6 is 0 Å². The van der Waals surface area contributed by atoms with E-state index in [0.717, 1.165) is 0 Å². The largest absolute Gasteiger partial charge is 0.475 e. The van der Waals surface area contributed by atoms with Crippen molar-refractivity contribution in [1.29, 1.82) is 0 Å². The van der Waals surface area contributed by atoms with Gasteiger partial charge in [-0.05, 0) is 42.5 Å². The maximum Gasteiger partial charge on any atom is 0.271 e. The van der Waals surface area contributed by atoms with Crippen LogP contribution in [0.1, 0.15) is 10.5 Å². The quantitative estimate of drug-likeness (QED) is 0.378. The van der Waals surface area contributed by atoms with Gasteiger partial charge in [-0.1, -0.05) is 0 Å². The van der Waals surface area contributed by atoms with Crippen LogP contribution in [0.25, 0.3) is 28.5 Å². The molecular formula is C21H16FN7O3. The summed E-state index contributed by atoms with van der Waals surface area (Å²) in [7, 11) is 0. The molecule has 5 rings (SSSR count). The number of furan rings is 1. The van der Waals surface area contributed by atoms with Gasteiger partial charge < -0.3 is 14.5 Å². The predicted molar refractivity (Wildman–Crippen MR) is 110 cm³/mol. The monoisotopic (exact) mass is 433 g/mol. The first-order valence-electron chi connectivity index (χ1n) is 9.66. The number of hydrogen-bond acceptors (Lipinski definition) is 7. The number of nitrogens with one attached hydrogen (secondary N) is 2. The van der Waals surface area contributed by atoms with Gasteiger partial charge in [-0.25, -0.2) is 4.39 Å². The molecule has 160 valence electrons. The zero-order valence-corrected chi connectivity index (χ0v) is 16.5. The number of fused-ring (bicyclic) bond motifs is 1. The first-order chi connectivity index (χ1) is 15.7. The van der Waals surface area contributed by atoms with Gasteiger partial charge >= 0.3 is 0 Å². The maximum atomic E-state index is 13.2. The van der Waals surface area contributed by atoms with Crippen LogP contribution in [0, 0.1) is 5.82 Å². The number of rotatable bonds is 7. The number of carbonyl (C=O) groups is 1. The summed E-state index contributed by atoms with van der Waals surface area (Å²) in [5.41, 5.74) is 2.05. The van der Waals surface area contributed by atoms with Crippen LogP contribution < -0.4 is 10.1 Å². The normalized spacial score (nSPS) is 11.0. The molecule has 0 aliphatic heterocycles. The SMILES string of the molecule is O=C(NCCOc1ccc2nnc(-c3ccc(F)cc3)n2n1)c1cc(-c2ccco2)[nH]n1. The van der Waals surface area contributed by atoms with Crippen molar-refractivity contribution in [3.05, 3.63) is 72.4 Å². The van der Waals surface area contributed by atoms with E-state index in [-0.39, 0.29) is 30.6 Å². The van der Waals surface area contributed by atoms with Gasteiger partial charge in [-0.15, -0.1) is 15.3 Å². The van der Waals surface area contributed by atoms with E-state index in [1.54, 1.807) is 48.7 Å². The third kappa shape index (κ3) is 3.90. The smallest absolute Gasteiger partial charge is 0.271 e. The van der Waals surface area contributed by atoms with Gasteiger partial charge in [0.15, 0.2) is 22.9 Å². The Kier molecular flexibility index (Phi) is 5.04. The first kappa shape index (κ1) is 19.4. The highest BCUT2D eigenvalue weighted by atomic mass is 19.1. The van der Waals surface area contributed by atoms with Crippen molar-refractivity contribution < 1.29 is 18.3 Å². The summed E-state index contributed by atoms with van der Waals surface area (Å²) in [6.07, 6.45) is 1.54. The Labute approximate surface area is 180 Å². The number of H-pyrrole nitrogens is 1. The average molecular weight is 433 g/mol. The number of carbonyl (C=O) groups excluding carboxylic acids is 1. The summed E-state index contributed by atoms with van der Waals surface area (Å²) >= 11 is 0. The Morgan fingerprint density at radius 3 is 2.84 bits per heavy atom. The van der Waals surface area contributed by atoms with Crippen LogP contribution in [0.4, 0.5) is 4.39 Å².